The van der Waals surface area contributed by atoms with Crippen molar-refractivity contribution in [1.29, 1.82) is 0 Å². The van der Waals surface area contributed by atoms with E-state index in [1.165, 1.54) is 38.5 Å². The van der Waals surface area contributed by atoms with Crippen LogP contribution in [0.2, 0.25) is 0 Å². The van der Waals surface area contributed by atoms with E-state index in [2.05, 4.69) is 84.5 Å². The normalized spacial score (nSPS) is 20.1. The second-order valence-corrected chi connectivity index (χ2v) is 8.13. The summed E-state index contributed by atoms with van der Waals surface area (Å²) < 4.78 is 2.50. The predicted molar refractivity (Wildman–Crippen MR) is 128 cm³/mol. The Balaban J connectivity index is 1.59. The third kappa shape index (κ3) is 2.75. The van der Waals surface area contributed by atoms with Crippen molar-refractivity contribution in [3.63, 3.8) is 0 Å². The van der Waals surface area contributed by atoms with Gasteiger partial charge in [-0.2, -0.15) is 0 Å². The molecule has 2 atom stereocenters. The van der Waals surface area contributed by atoms with Crippen molar-refractivity contribution in [2.45, 2.75) is 19.9 Å². The predicted octanol–water partition coefficient (Wildman–Crippen LogP) is 6.29. The lowest BCUT2D eigenvalue weighted by Gasteiger charge is -2.26. The number of para-hydroxylation sites is 2. The second-order valence-electron chi connectivity index (χ2n) is 8.13. The maximum atomic E-state index is 6.45. The van der Waals surface area contributed by atoms with Crippen molar-refractivity contribution < 1.29 is 0 Å². The molecule has 1 aliphatic heterocycles. The Morgan fingerprint density at radius 1 is 1.10 bits per heavy atom. The van der Waals surface area contributed by atoms with E-state index in [-0.39, 0.29) is 12.0 Å². The molecular formula is C28H24N2. The van der Waals surface area contributed by atoms with Crippen LogP contribution in [0.15, 0.2) is 96.3 Å². The van der Waals surface area contributed by atoms with Crippen LogP contribution in [0.4, 0.5) is 0 Å². The number of rotatable bonds is 2. The van der Waals surface area contributed by atoms with Crippen LogP contribution in [0.5, 0.6) is 0 Å². The Hall–Kier alpha value is -3.70. The fourth-order valence-corrected chi connectivity index (χ4v) is 4.76. The summed E-state index contributed by atoms with van der Waals surface area (Å²) in [6.45, 7) is 7.90. The Morgan fingerprint density at radius 2 is 1.90 bits per heavy atom. The van der Waals surface area contributed by atoms with Gasteiger partial charge in [-0.25, -0.2) is 0 Å². The van der Waals surface area contributed by atoms with E-state index in [4.69, 9.17) is 5.73 Å². The highest BCUT2D eigenvalue weighted by Gasteiger charge is 2.35. The van der Waals surface area contributed by atoms with E-state index < -0.39 is 0 Å². The molecule has 0 bridgehead atoms. The van der Waals surface area contributed by atoms with E-state index in [1.54, 1.807) is 0 Å². The molecule has 146 valence electrons. The molecule has 2 heterocycles. The van der Waals surface area contributed by atoms with Crippen LogP contribution in [-0.4, -0.2) is 4.57 Å². The molecule has 0 spiro atoms. The molecule has 2 aromatic carbocycles. The molecule has 0 radical (unpaired) electrons. The van der Waals surface area contributed by atoms with E-state index in [9.17, 15) is 0 Å². The second kappa shape index (κ2) is 6.97. The molecule has 2 unspecified atom stereocenters. The molecule has 2 nitrogen and oxygen atoms in total. The molecule has 0 saturated carbocycles. The van der Waals surface area contributed by atoms with Crippen LogP contribution < -0.4 is 5.73 Å². The molecule has 0 saturated heterocycles. The summed E-state index contributed by atoms with van der Waals surface area (Å²) in [4.78, 5) is 0. The van der Waals surface area contributed by atoms with Crippen molar-refractivity contribution in [2.75, 3.05) is 0 Å². The van der Waals surface area contributed by atoms with Gasteiger partial charge in [0.2, 0.25) is 0 Å². The number of hydrogen-bond acceptors (Lipinski definition) is 1. The van der Waals surface area contributed by atoms with E-state index in [1.807, 2.05) is 25.2 Å². The molecule has 30 heavy (non-hydrogen) atoms. The third-order valence-corrected chi connectivity index (χ3v) is 5.97. The van der Waals surface area contributed by atoms with Gasteiger partial charge in [0.25, 0.3) is 0 Å². The van der Waals surface area contributed by atoms with Crippen molar-refractivity contribution in [1.82, 2.24) is 4.57 Å². The molecule has 0 fully saturated rings. The quantitative estimate of drug-likeness (QED) is 0.312. The third-order valence-electron chi connectivity index (χ3n) is 5.97. The van der Waals surface area contributed by atoms with Gasteiger partial charge in [-0.1, -0.05) is 73.0 Å². The van der Waals surface area contributed by atoms with Crippen molar-refractivity contribution >= 4 is 27.4 Å². The topological polar surface area (TPSA) is 30.9 Å². The zero-order valence-corrected chi connectivity index (χ0v) is 17.3. The Bertz CT molecular complexity index is 1390. The fraction of sp³-hybridized carbons (Fsp3) is 0.143. The van der Waals surface area contributed by atoms with Gasteiger partial charge in [0.15, 0.2) is 0 Å². The molecule has 2 heteroatoms. The highest BCUT2D eigenvalue weighted by molar-refractivity contribution is 6.14. The minimum absolute atomic E-state index is 0.0844. The number of hydrogen-bond donors (Lipinski definition) is 1. The van der Waals surface area contributed by atoms with Gasteiger partial charge in [-0.3, -0.25) is 0 Å². The highest BCUT2D eigenvalue weighted by Crippen LogP contribution is 2.51. The molecule has 1 aromatic heterocycles. The first-order chi connectivity index (χ1) is 14.6. The number of nitrogens with zero attached hydrogens (tertiary/aromatic N) is 1. The highest BCUT2D eigenvalue weighted by atomic mass is 15.0. The van der Waals surface area contributed by atoms with Crippen molar-refractivity contribution in [3.05, 3.63) is 102 Å². The first-order valence-corrected chi connectivity index (χ1v) is 10.3. The summed E-state index contributed by atoms with van der Waals surface area (Å²) in [7, 11) is 0. The maximum Gasteiger partial charge on any atom is 0.0806 e. The van der Waals surface area contributed by atoms with Gasteiger partial charge in [0.05, 0.1) is 11.6 Å². The Labute approximate surface area is 177 Å². The summed E-state index contributed by atoms with van der Waals surface area (Å²) in [5.74, 6) is 5.99. The summed E-state index contributed by atoms with van der Waals surface area (Å²) in [6, 6.07) is 15.6. The summed E-state index contributed by atoms with van der Waals surface area (Å²) in [5.41, 5.74) is 14.8. The lowest BCUT2D eigenvalue weighted by atomic mass is 9.84. The average Bonchev–Trinajstić information content (AvgIpc) is 3.25. The lowest BCUT2D eigenvalue weighted by molar-refractivity contribution is 0.739. The molecule has 3 aromatic rings. The lowest BCUT2D eigenvalue weighted by Crippen LogP contribution is -2.16. The number of aromatic nitrogens is 1. The summed E-state index contributed by atoms with van der Waals surface area (Å²) in [5, 5.41) is 2.65. The zero-order valence-electron chi connectivity index (χ0n) is 17.3. The van der Waals surface area contributed by atoms with E-state index in [0.29, 0.717) is 0 Å². The Morgan fingerprint density at radius 3 is 2.73 bits per heavy atom. The van der Waals surface area contributed by atoms with Gasteiger partial charge >= 0.3 is 0 Å². The molecule has 2 N–H and O–H groups in total. The van der Waals surface area contributed by atoms with Gasteiger partial charge < -0.3 is 10.3 Å². The number of fused-ring (bicyclic) bond motifs is 6. The molecule has 0 amide bonds. The average molecular weight is 389 g/mol. The number of allylic oxidation sites excluding steroid dienone is 7. The summed E-state index contributed by atoms with van der Waals surface area (Å²) in [6.07, 6.45) is 10.3. The van der Waals surface area contributed by atoms with Crippen LogP contribution in [0, 0.1) is 17.8 Å². The van der Waals surface area contributed by atoms with Gasteiger partial charge in [0, 0.05) is 33.5 Å². The molecule has 1 aliphatic carbocycles. The SMILES string of the molecule is C=C(C)C#C/C=C\C=C(/N)C1C=C(C)C2C(=C1)c1cccc3c4ccccc4n2c13. The smallest absolute Gasteiger partial charge is 0.0806 e. The Kier molecular flexibility index (Phi) is 4.26. The largest absolute Gasteiger partial charge is 0.401 e. The van der Waals surface area contributed by atoms with E-state index >= 15 is 0 Å². The van der Waals surface area contributed by atoms with Crippen LogP contribution in [0.25, 0.3) is 27.4 Å². The zero-order chi connectivity index (χ0) is 20.8. The fourth-order valence-electron chi connectivity index (χ4n) is 4.76. The van der Waals surface area contributed by atoms with Crippen LogP contribution in [0.3, 0.4) is 0 Å². The van der Waals surface area contributed by atoms with Crippen molar-refractivity contribution in [3.8, 4) is 11.8 Å². The monoisotopic (exact) mass is 388 g/mol. The maximum absolute atomic E-state index is 6.45. The first-order valence-electron chi connectivity index (χ1n) is 10.3. The molecular weight excluding hydrogens is 364 g/mol. The van der Waals surface area contributed by atoms with E-state index in [0.717, 1.165) is 11.3 Å². The van der Waals surface area contributed by atoms with Crippen LogP contribution in [0.1, 0.15) is 25.5 Å². The van der Waals surface area contributed by atoms with Gasteiger partial charge in [-0.15, -0.1) is 0 Å². The molecule has 5 rings (SSSR count). The number of nitrogens with two attached hydrogens (primary N) is 1. The van der Waals surface area contributed by atoms with Crippen LogP contribution in [-0.2, 0) is 0 Å². The van der Waals surface area contributed by atoms with Crippen molar-refractivity contribution in [2.24, 2.45) is 11.7 Å². The number of benzene rings is 2. The minimum Gasteiger partial charge on any atom is -0.401 e. The van der Waals surface area contributed by atoms with Gasteiger partial charge in [-0.05, 0) is 48.8 Å². The van der Waals surface area contributed by atoms with Crippen LogP contribution >= 0.6 is 0 Å². The van der Waals surface area contributed by atoms with Gasteiger partial charge in [0.1, 0.15) is 0 Å². The molecule has 2 aliphatic rings. The summed E-state index contributed by atoms with van der Waals surface area (Å²) >= 11 is 0. The first kappa shape index (κ1) is 18.3. The minimum atomic E-state index is 0.0844. The standard InChI is InChI=1S/C28H24N2/c1-18(2)10-5-4-6-14-25(29)20-16-19(3)27-24(17-20)23-13-9-12-22-21-11-7-8-15-26(21)30(27)28(22)23/h4,6-9,11-17,20,27H,1,29H2,2-3H3/b6-4-,25-14-.